The second kappa shape index (κ2) is 8.58. The van der Waals surface area contributed by atoms with Crippen LogP contribution in [0.3, 0.4) is 0 Å². The molecular formula is C19H18FN3O6S3. The van der Waals surface area contributed by atoms with E-state index in [1.54, 1.807) is 0 Å². The Bertz CT molecular complexity index is 1460. The lowest BCUT2D eigenvalue weighted by atomic mass is 10.2. The van der Waals surface area contributed by atoms with Crippen LogP contribution in [0.4, 0.5) is 10.1 Å². The minimum Gasteiger partial charge on any atom is -0.322 e. The highest BCUT2D eigenvalue weighted by Gasteiger charge is 2.26. The van der Waals surface area contributed by atoms with Crippen molar-refractivity contribution in [2.45, 2.75) is 16.0 Å². The second-order valence-electron chi connectivity index (χ2n) is 6.83. The van der Waals surface area contributed by atoms with Crippen molar-refractivity contribution in [2.75, 3.05) is 17.5 Å². The minimum absolute atomic E-state index is 0.104. The molecule has 13 heteroatoms. The molecule has 170 valence electrons. The number of fused-ring (bicyclic) bond motifs is 1. The van der Waals surface area contributed by atoms with E-state index in [0.29, 0.717) is 15.6 Å². The van der Waals surface area contributed by atoms with Crippen molar-refractivity contribution in [1.82, 2.24) is 5.32 Å². The zero-order valence-corrected chi connectivity index (χ0v) is 19.3. The number of carbonyl (C=O) groups is 2. The van der Waals surface area contributed by atoms with Gasteiger partial charge in [-0.15, -0.1) is 11.3 Å². The summed E-state index contributed by atoms with van der Waals surface area (Å²) >= 11 is 0.909. The standard InChI is InChI=1S/C19H18FN3O6S3/c1-10-13-8-12(20)4-6-15(13)30-19(10)32(28,29)23-14-5-3-11(7-16(14)31(2,26)27)18(25)22-17(24)9-21/h3-8,23H,9,21H2,1-2H3,(H,22,24,25). The van der Waals surface area contributed by atoms with Crippen molar-refractivity contribution >= 4 is 58.8 Å². The average molecular weight is 500 g/mol. The molecule has 0 aliphatic carbocycles. The highest BCUT2D eigenvalue weighted by Crippen LogP contribution is 2.36. The third kappa shape index (κ3) is 4.80. The molecule has 9 nitrogen and oxygen atoms in total. The Labute approximate surface area is 187 Å². The first kappa shape index (κ1) is 23.8. The van der Waals surface area contributed by atoms with E-state index in [-0.39, 0.29) is 15.5 Å². The van der Waals surface area contributed by atoms with Gasteiger partial charge in [0.05, 0.1) is 17.1 Å². The number of hydrogen-bond acceptors (Lipinski definition) is 8. The summed E-state index contributed by atoms with van der Waals surface area (Å²) in [5.41, 5.74) is 4.99. The van der Waals surface area contributed by atoms with Crippen LogP contribution in [0.1, 0.15) is 15.9 Å². The summed E-state index contributed by atoms with van der Waals surface area (Å²) in [4.78, 5) is 23.0. The van der Waals surface area contributed by atoms with Crippen LogP contribution in [0.25, 0.3) is 10.1 Å². The van der Waals surface area contributed by atoms with E-state index < -0.39 is 48.9 Å². The van der Waals surface area contributed by atoms with E-state index >= 15 is 0 Å². The lowest BCUT2D eigenvalue weighted by Gasteiger charge is -2.13. The Morgan fingerprint density at radius 1 is 1.09 bits per heavy atom. The Kier molecular flexibility index (Phi) is 6.38. The Morgan fingerprint density at radius 2 is 1.78 bits per heavy atom. The number of nitrogens with one attached hydrogen (secondary N) is 2. The van der Waals surface area contributed by atoms with E-state index in [0.717, 1.165) is 29.7 Å². The van der Waals surface area contributed by atoms with Gasteiger partial charge in [0.25, 0.3) is 15.9 Å². The first-order valence-corrected chi connectivity index (χ1v) is 13.1. The van der Waals surface area contributed by atoms with Crippen LogP contribution >= 0.6 is 11.3 Å². The number of sulfonamides is 1. The molecule has 2 amide bonds. The molecule has 0 aliphatic heterocycles. The van der Waals surface area contributed by atoms with Gasteiger partial charge < -0.3 is 5.73 Å². The largest absolute Gasteiger partial charge is 0.322 e. The van der Waals surface area contributed by atoms with Gasteiger partial charge in [-0.2, -0.15) is 0 Å². The zero-order chi connectivity index (χ0) is 23.8. The summed E-state index contributed by atoms with van der Waals surface area (Å²) in [5.74, 6) is -2.17. The molecule has 0 bridgehead atoms. The molecule has 2 aromatic carbocycles. The fourth-order valence-corrected chi connectivity index (χ4v) is 6.67. The monoisotopic (exact) mass is 499 g/mol. The van der Waals surface area contributed by atoms with Crippen LogP contribution in [0.2, 0.25) is 0 Å². The Morgan fingerprint density at radius 3 is 2.41 bits per heavy atom. The summed E-state index contributed by atoms with van der Waals surface area (Å²) in [6.45, 7) is 1.08. The number of sulfone groups is 1. The van der Waals surface area contributed by atoms with Crippen LogP contribution < -0.4 is 15.8 Å². The van der Waals surface area contributed by atoms with Crippen molar-refractivity contribution < 1.29 is 30.8 Å². The molecular weight excluding hydrogens is 481 g/mol. The van der Waals surface area contributed by atoms with Gasteiger partial charge in [-0.05, 0) is 54.3 Å². The summed E-state index contributed by atoms with van der Waals surface area (Å²) < 4.78 is 66.9. The van der Waals surface area contributed by atoms with Crippen molar-refractivity contribution in [3.63, 3.8) is 0 Å². The molecule has 0 saturated heterocycles. The number of imide groups is 1. The first-order chi connectivity index (χ1) is 14.8. The molecule has 0 fully saturated rings. The molecule has 3 aromatic rings. The van der Waals surface area contributed by atoms with Crippen molar-refractivity contribution in [3.8, 4) is 0 Å². The fourth-order valence-electron chi connectivity index (χ4n) is 2.92. The molecule has 0 saturated carbocycles. The normalized spacial score (nSPS) is 12.0. The third-order valence-corrected chi connectivity index (χ3v) is 8.82. The Hall–Kier alpha value is -2.87. The number of rotatable bonds is 6. The maximum absolute atomic E-state index is 13.6. The topological polar surface area (TPSA) is 152 Å². The number of nitrogens with two attached hydrogens (primary N) is 1. The van der Waals surface area contributed by atoms with E-state index in [9.17, 15) is 30.8 Å². The summed E-state index contributed by atoms with van der Waals surface area (Å²) in [6.07, 6.45) is 0.848. The van der Waals surface area contributed by atoms with Crippen LogP contribution in [-0.2, 0) is 24.7 Å². The van der Waals surface area contributed by atoms with Crippen LogP contribution in [-0.4, -0.2) is 41.5 Å². The highest BCUT2D eigenvalue weighted by molar-refractivity contribution is 7.95. The number of carbonyl (C=O) groups excluding carboxylic acids is 2. The average Bonchev–Trinajstić information content (AvgIpc) is 3.04. The molecule has 0 radical (unpaired) electrons. The van der Waals surface area contributed by atoms with Crippen LogP contribution in [0, 0.1) is 12.7 Å². The molecule has 1 heterocycles. The van der Waals surface area contributed by atoms with Crippen molar-refractivity contribution in [3.05, 3.63) is 53.3 Å². The lowest BCUT2D eigenvalue weighted by molar-refractivity contribution is -0.118. The van der Waals surface area contributed by atoms with Gasteiger partial charge in [0, 0.05) is 16.5 Å². The van der Waals surface area contributed by atoms with Gasteiger partial charge in [0.2, 0.25) is 5.91 Å². The number of amides is 2. The summed E-state index contributed by atoms with van der Waals surface area (Å²) in [6, 6.07) is 7.12. The molecule has 1 aromatic heterocycles. The number of thiophene rings is 1. The van der Waals surface area contributed by atoms with Gasteiger partial charge in [-0.25, -0.2) is 21.2 Å². The van der Waals surface area contributed by atoms with Gasteiger partial charge >= 0.3 is 0 Å². The predicted octanol–water partition coefficient (Wildman–Crippen LogP) is 1.77. The van der Waals surface area contributed by atoms with Crippen LogP contribution in [0.15, 0.2) is 45.5 Å². The first-order valence-electron chi connectivity index (χ1n) is 8.93. The Balaban J connectivity index is 2.05. The molecule has 0 atom stereocenters. The van der Waals surface area contributed by atoms with Crippen LogP contribution in [0.5, 0.6) is 0 Å². The quantitative estimate of drug-likeness (QED) is 0.467. The number of benzene rings is 2. The van der Waals surface area contributed by atoms with Gasteiger partial charge in [-0.1, -0.05) is 0 Å². The smallest absolute Gasteiger partial charge is 0.271 e. The number of halogens is 1. The molecule has 4 N–H and O–H groups in total. The maximum Gasteiger partial charge on any atom is 0.271 e. The van der Waals surface area contributed by atoms with E-state index in [4.69, 9.17) is 5.73 Å². The van der Waals surface area contributed by atoms with Crippen molar-refractivity contribution in [2.24, 2.45) is 5.73 Å². The maximum atomic E-state index is 13.6. The summed E-state index contributed by atoms with van der Waals surface area (Å²) in [7, 11) is -8.23. The van der Waals surface area contributed by atoms with E-state index in [2.05, 4.69) is 4.72 Å². The molecule has 3 rings (SSSR count). The molecule has 32 heavy (non-hydrogen) atoms. The second-order valence-corrected chi connectivity index (χ2v) is 11.7. The van der Waals surface area contributed by atoms with E-state index in [1.165, 1.54) is 31.2 Å². The molecule has 0 aliphatic rings. The number of anilines is 1. The van der Waals surface area contributed by atoms with E-state index in [1.807, 2.05) is 5.32 Å². The fraction of sp³-hybridized carbons (Fsp3) is 0.158. The SMILES string of the molecule is Cc1c(S(=O)(=O)Nc2ccc(C(=O)NC(=O)CN)cc2S(C)(=O)=O)sc2ccc(F)cc12. The zero-order valence-electron chi connectivity index (χ0n) is 16.8. The third-order valence-electron chi connectivity index (χ3n) is 4.42. The van der Waals surface area contributed by atoms with Gasteiger partial charge in [0.1, 0.15) is 10.0 Å². The number of hydrogen-bond donors (Lipinski definition) is 3. The van der Waals surface area contributed by atoms with Crippen molar-refractivity contribution in [1.29, 1.82) is 0 Å². The summed E-state index contributed by atoms with van der Waals surface area (Å²) in [5, 5.41) is 2.41. The minimum atomic E-state index is -4.25. The molecule has 0 unspecified atom stereocenters. The highest BCUT2D eigenvalue weighted by atomic mass is 32.2. The number of aryl methyl sites for hydroxylation is 1. The van der Waals surface area contributed by atoms with Gasteiger partial charge in [0.15, 0.2) is 9.84 Å². The van der Waals surface area contributed by atoms with Gasteiger partial charge in [-0.3, -0.25) is 19.6 Å². The molecule has 0 spiro atoms. The lowest BCUT2D eigenvalue weighted by Crippen LogP contribution is -2.35. The predicted molar refractivity (Wildman–Crippen MR) is 118 cm³/mol.